The van der Waals surface area contributed by atoms with Crippen molar-refractivity contribution in [2.75, 3.05) is 18.0 Å². The van der Waals surface area contributed by atoms with Crippen LogP contribution in [0.5, 0.6) is 0 Å². The fraction of sp³-hybridized carbons (Fsp3) is 0.667. The molecule has 1 aliphatic rings. The molecule has 13 heavy (non-hydrogen) atoms. The highest BCUT2D eigenvalue weighted by molar-refractivity contribution is 7.15. The molecule has 72 valence electrons. The third-order valence-corrected chi connectivity index (χ3v) is 3.57. The summed E-state index contributed by atoms with van der Waals surface area (Å²) in [6.07, 6.45) is 1.79. The lowest BCUT2D eigenvalue weighted by atomic mass is 10.2. The first-order valence-corrected chi connectivity index (χ1v) is 5.37. The number of β-amino-alcohol motifs (C(OH)–C–C–N with tert-alkyl or cyclic N) is 1. The van der Waals surface area contributed by atoms with Crippen LogP contribution in [-0.2, 0) is 0 Å². The van der Waals surface area contributed by atoms with Crippen LogP contribution in [0.25, 0.3) is 0 Å². The first-order chi connectivity index (χ1) is 6.16. The molecule has 0 unspecified atom stereocenters. The average molecular weight is 198 g/mol. The molecule has 0 spiro atoms. The maximum absolute atomic E-state index is 9.13. The van der Waals surface area contributed by atoms with E-state index >= 15 is 0 Å². The zero-order valence-corrected chi connectivity index (χ0v) is 8.71. The van der Waals surface area contributed by atoms with Gasteiger partial charge in [-0.1, -0.05) is 13.8 Å². The van der Waals surface area contributed by atoms with Crippen molar-refractivity contribution in [1.82, 2.24) is 4.98 Å². The predicted octanol–water partition coefficient (Wildman–Crippen LogP) is 1.45. The first-order valence-electron chi connectivity index (χ1n) is 4.55. The molecular weight excluding hydrogens is 184 g/mol. The quantitative estimate of drug-likeness (QED) is 0.781. The number of thiazole rings is 1. The van der Waals surface area contributed by atoms with E-state index in [0.717, 1.165) is 18.2 Å². The molecule has 1 saturated heterocycles. The summed E-state index contributed by atoms with van der Waals surface area (Å²) in [4.78, 5) is 7.76. The van der Waals surface area contributed by atoms with Gasteiger partial charge in [0.1, 0.15) is 0 Å². The van der Waals surface area contributed by atoms with Crippen LogP contribution in [0.2, 0.25) is 0 Å². The van der Waals surface area contributed by atoms with Crippen LogP contribution in [0.4, 0.5) is 5.13 Å². The molecule has 0 amide bonds. The second-order valence-corrected chi connectivity index (χ2v) is 4.80. The number of rotatable bonds is 2. The van der Waals surface area contributed by atoms with Crippen molar-refractivity contribution in [3.63, 3.8) is 0 Å². The van der Waals surface area contributed by atoms with Gasteiger partial charge in [0.25, 0.3) is 0 Å². The minimum atomic E-state index is -0.147. The van der Waals surface area contributed by atoms with Crippen molar-refractivity contribution in [3.05, 3.63) is 11.1 Å². The Morgan fingerprint density at radius 3 is 2.77 bits per heavy atom. The Bertz CT molecular complexity index is 292. The number of aliphatic hydroxyl groups excluding tert-OH is 1. The number of aromatic nitrogens is 1. The van der Waals surface area contributed by atoms with Crippen molar-refractivity contribution in [2.24, 2.45) is 0 Å². The van der Waals surface area contributed by atoms with E-state index in [9.17, 15) is 0 Å². The van der Waals surface area contributed by atoms with Gasteiger partial charge in [-0.25, -0.2) is 4.98 Å². The highest BCUT2D eigenvalue weighted by Gasteiger charge is 2.26. The van der Waals surface area contributed by atoms with Gasteiger partial charge in [0.2, 0.25) is 0 Å². The van der Waals surface area contributed by atoms with Gasteiger partial charge in [-0.05, 0) is 5.92 Å². The topological polar surface area (TPSA) is 36.4 Å². The van der Waals surface area contributed by atoms with Crippen LogP contribution < -0.4 is 4.90 Å². The molecule has 3 nitrogen and oxygen atoms in total. The highest BCUT2D eigenvalue weighted by Crippen LogP contribution is 2.30. The van der Waals surface area contributed by atoms with E-state index in [1.807, 2.05) is 6.20 Å². The third kappa shape index (κ3) is 1.69. The van der Waals surface area contributed by atoms with E-state index in [0.29, 0.717) is 5.92 Å². The Hall–Kier alpha value is -0.610. The van der Waals surface area contributed by atoms with Gasteiger partial charge in [-0.2, -0.15) is 0 Å². The Kier molecular flexibility index (Phi) is 2.26. The van der Waals surface area contributed by atoms with E-state index in [1.165, 1.54) is 4.88 Å². The van der Waals surface area contributed by atoms with E-state index in [-0.39, 0.29) is 6.10 Å². The lowest BCUT2D eigenvalue weighted by molar-refractivity contribution is 0.142. The van der Waals surface area contributed by atoms with Crippen molar-refractivity contribution < 1.29 is 5.11 Å². The molecule has 2 rings (SSSR count). The zero-order valence-electron chi connectivity index (χ0n) is 7.90. The molecule has 1 aromatic rings. The van der Waals surface area contributed by atoms with E-state index in [1.54, 1.807) is 11.3 Å². The summed E-state index contributed by atoms with van der Waals surface area (Å²) in [5.41, 5.74) is 0. The van der Waals surface area contributed by atoms with Gasteiger partial charge in [-0.3, -0.25) is 0 Å². The fourth-order valence-corrected chi connectivity index (χ4v) is 2.24. The molecular formula is C9H14N2OS. The van der Waals surface area contributed by atoms with Crippen LogP contribution in [0.3, 0.4) is 0 Å². The molecule has 0 radical (unpaired) electrons. The van der Waals surface area contributed by atoms with Crippen LogP contribution in [0, 0.1) is 0 Å². The average Bonchev–Trinajstić information content (AvgIpc) is 2.46. The van der Waals surface area contributed by atoms with Gasteiger partial charge in [0, 0.05) is 24.2 Å². The van der Waals surface area contributed by atoms with Gasteiger partial charge < -0.3 is 10.0 Å². The second-order valence-electron chi connectivity index (χ2n) is 3.76. The Labute approximate surface area is 82.0 Å². The van der Waals surface area contributed by atoms with Gasteiger partial charge in [-0.15, -0.1) is 11.3 Å². The van der Waals surface area contributed by atoms with E-state index < -0.39 is 0 Å². The monoisotopic (exact) mass is 198 g/mol. The summed E-state index contributed by atoms with van der Waals surface area (Å²) in [6.45, 7) is 5.82. The fourth-order valence-electron chi connectivity index (χ4n) is 1.30. The standard InChI is InChI=1S/C9H14N2OS/c1-6(2)8-3-10-9(13-8)11-4-7(12)5-11/h3,6-7,12H,4-5H2,1-2H3. The molecule has 0 aromatic carbocycles. The smallest absolute Gasteiger partial charge is 0.185 e. The third-order valence-electron chi connectivity index (χ3n) is 2.21. The lowest BCUT2D eigenvalue weighted by Crippen LogP contribution is -2.50. The van der Waals surface area contributed by atoms with E-state index in [2.05, 4.69) is 23.7 Å². The highest BCUT2D eigenvalue weighted by atomic mass is 32.1. The molecule has 1 aromatic heterocycles. The van der Waals surface area contributed by atoms with Gasteiger partial charge in [0.05, 0.1) is 6.10 Å². The maximum atomic E-state index is 9.13. The van der Waals surface area contributed by atoms with Gasteiger partial charge in [0.15, 0.2) is 5.13 Å². The van der Waals surface area contributed by atoms with Gasteiger partial charge >= 0.3 is 0 Å². The van der Waals surface area contributed by atoms with Crippen LogP contribution in [-0.4, -0.2) is 29.3 Å². The maximum Gasteiger partial charge on any atom is 0.185 e. The van der Waals surface area contributed by atoms with Crippen LogP contribution >= 0.6 is 11.3 Å². The Balaban J connectivity index is 2.06. The van der Waals surface area contributed by atoms with Crippen molar-refractivity contribution in [2.45, 2.75) is 25.9 Å². The van der Waals surface area contributed by atoms with Crippen molar-refractivity contribution in [1.29, 1.82) is 0 Å². The Morgan fingerprint density at radius 1 is 1.62 bits per heavy atom. The molecule has 0 aliphatic carbocycles. The molecule has 1 N–H and O–H groups in total. The number of hydrogen-bond acceptors (Lipinski definition) is 4. The molecule has 0 saturated carbocycles. The predicted molar refractivity (Wildman–Crippen MR) is 54.4 cm³/mol. The number of nitrogens with zero attached hydrogens (tertiary/aromatic N) is 2. The summed E-state index contributed by atoms with van der Waals surface area (Å²) in [7, 11) is 0. The Morgan fingerprint density at radius 2 is 2.31 bits per heavy atom. The SMILES string of the molecule is CC(C)c1cnc(N2CC(O)C2)s1. The first kappa shape index (κ1) is 8.97. The zero-order chi connectivity index (χ0) is 9.42. The molecule has 0 bridgehead atoms. The largest absolute Gasteiger partial charge is 0.389 e. The number of hydrogen-bond donors (Lipinski definition) is 1. The summed E-state index contributed by atoms with van der Waals surface area (Å²) >= 11 is 1.73. The minimum absolute atomic E-state index is 0.147. The minimum Gasteiger partial charge on any atom is -0.389 e. The normalized spacial score (nSPS) is 18.0. The molecule has 1 aliphatic heterocycles. The summed E-state index contributed by atoms with van der Waals surface area (Å²) < 4.78 is 0. The van der Waals surface area contributed by atoms with E-state index in [4.69, 9.17) is 5.11 Å². The van der Waals surface area contributed by atoms with Crippen LogP contribution in [0.15, 0.2) is 6.20 Å². The molecule has 1 fully saturated rings. The molecule has 2 heterocycles. The van der Waals surface area contributed by atoms with Crippen molar-refractivity contribution in [3.8, 4) is 0 Å². The van der Waals surface area contributed by atoms with Crippen molar-refractivity contribution >= 4 is 16.5 Å². The summed E-state index contributed by atoms with van der Waals surface area (Å²) in [5.74, 6) is 0.553. The lowest BCUT2D eigenvalue weighted by Gasteiger charge is -2.35. The molecule has 0 atom stereocenters. The van der Waals surface area contributed by atoms with Crippen LogP contribution in [0.1, 0.15) is 24.6 Å². The number of anilines is 1. The number of aliphatic hydroxyl groups is 1. The summed E-state index contributed by atoms with van der Waals surface area (Å²) in [5, 5.41) is 10.2. The summed E-state index contributed by atoms with van der Waals surface area (Å²) in [6, 6.07) is 0. The molecule has 4 heteroatoms. The second kappa shape index (κ2) is 3.27.